The number of para-hydroxylation sites is 2. The quantitative estimate of drug-likeness (QED) is 0.916. The lowest BCUT2D eigenvalue weighted by Crippen LogP contribution is -2.41. The Bertz CT molecular complexity index is 721. The Morgan fingerprint density at radius 3 is 2.74 bits per heavy atom. The molecule has 120 valence electrons. The zero-order valence-electron chi connectivity index (χ0n) is 12.2. The molecular weight excluding hydrogens is 337 g/mol. The predicted molar refractivity (Wildman–Crippen MR) is 89.5 cm³/mol. The lowest BCUT2D eigenvalue weighted by molar-refractivity contribution is -0.120. The first-order valence-electron chi connectivity index (χ1n) is 7.21. The van der Waals surface area contributed by atoms with Crippen molar-refractivity contribution in [1.29, 1.82) is 0 Å². The van der Waals surface area contributed by atoms with E-state index in [1.54, 1.807) is 18.2 Å². The van der Waals surface area contributed by atoms with Gasteiger partial charge in [0.15, 0.2) is 11.5 Å². The summed E-state index contributed by atoms with van der Waals surface area (Å²) in [5.74, 6) is 1.29. The van der Waals surface area contributed by atoms with Gasteiger partial charge in [-0.1, -0.05) is 41.4 Å². The van der Waals surface area contributed by atoms with Crippen LogP contribution in [-0.2, 0) is 11.2 Å². The summed E-state index contributed by atoms with van der Waals surface area (Å²) in [6, 6.07) is 12.6. The Kier molecular flexibility index (Phi) is 4.94. The smallest absolute Gasteiger partial charge is 0.224 e. The fourth-order valence-corrected chi connectivity index (χ4v) is 2.77. The maximum Gasteiger partial charge on any atom is 0.224 e. The van der Waals surface area contributed by atoms with Gasteiger partial charge in [0, 0.05) is 10.0 Å². The van der Waals surface area contributed by atoms with Gasteiger partial charge in [0.1, 0.15) is 12.7 Å². The largest absolute Gasteiger partial charge is 0.486 e. The van der Waals surface area contributed by atoms with Crippen molar-refractivity contribution in [3.63, 3.8) is 0 Å². The lowest BCUT2D eigenvalue weighted by Gasteiger charge is -2.26. The van der Waals surface area contributed by atoms with Gasteiger partial charge >= 0.3 is 0 Å². The SMILES string of the molecule is O=C(Cc1ccc(Cl)cc1Cl)NC[C@@H]1COc2ccccc2O1. The van der Waals surface area contributed by atoms with Gasteiger partial charge in [0.25, 0.3) is 0 Å². The minimum Gasteiger partial charge on any atom is -0.486 e. The van der Waals surface area contributed by atoms with Gasteiger partial charge in [0.05, 0.1) is 13.0 Å². The van der Waals surface area contributed by atoms with E-state index in [4.69, 9.17) is 32.7 Å². The molecule has 0 fully saturated rings. The summed E-state index contributed by atoms with van der Waals surface area (Å²) in [7, 11) is 0. The first kappa shape index (κ1) is 16.0. The van der Waals surface area contributed by atoms with Crippen molar-refractivity contribution in [2.24, 2.45) is 0 Å². The number of nitrogens with one attached hydrogen (secondary N) is 1. The molecule has 1 amide bonds. The zero-order valence-corrected chi connectivity index (χ0v) is 13.7. The summed E-state index contributed by atoms with van der Waals surface area (Å²) in [5, 5.41) is 3.87. The maximum atomic E-state index is 12.0. The normalized spacial score (nSPS) is 16.0. The molecule has 4 nitrogen and oxygen atoms in total. The van der Waals surface area contributed by atoms with E-state index >= 15 is 0 Å². The minimum absolute atomic E-state index is 0.128. The molecule has 0 aliphatic carbocycles. The minimum atomic E-state index is -0.213. The second-order valence-electron chi connectivity index (χ2n) is 5.21. The third-order valence-electron chi connectivity index (χ3n) is 3.46. The first-order chi connectivity index (χ1) is 11.1. The molecule has 0 radical (unpaired) electrons. The molecular formula is C17H15Cl2NO3. The van der Waals surface area contributed by atoms with Crippen molar-refractivity contribution in [2.45, 2.75) is 12.5 Å². The van der Waals surface area contributed by atoms with Crippen molar-refractivity contribution < 1.29 is 14.3 Å². The molecule has 0 unspecified atom stereocenters. The maximum absolute atomic E-state index is 12.0. The summed E-state index contributed by atoms with van der Waals surface area (Å²) in [5.41, 5.74) is 0.736. The van der Waals surface area contributed by atoms with E-state index in [0.29, 0.717) is 28.9 Å². The van der Waals surface area contributed by atoms with Crippen LogP contribution in [0.15, 0.2) is 42.5 Å². The molecule has 1 aliphatic heterocycles. The van der Waals surface area contributed by atoms with Crippen LogP contribution in [0.1, 0.15) is 5.56 Å². The van der Waals surface area contributed by atoms with Crippen LogP contribution in [0.25, 0.3) is 0 Å². The van der Waals surface area contributed by atoms with Crippen molar-refractivity contribution in [1.82, 2.24) is 5.32 Å². The highest BCUT2D eigenvalue weighted by molar-refractivity contribution is 6.35. The molecule has 1 aliphatic rings. The van der Waals surface area contributed by atoms with Gasteiger partial charge in [-0.2, -0.15) is 0 Å². The van der Waals surface area contributed by atoms with E-state index in [1.807, 2.05) is 24.3 Å². The molecule has 1 atom stereocenters. The summed E-state index contributed by atoms with van der Waals surface area (Å²) in [4.78, 5) is 12.0. The predicted octanol–water partition coefficient (Wildman–Crippen LogP) is 3.49. The average molecular weight is 352 g/mol. The first-order valence-corrected chi connectivity index (χ1v) is 7.96. The van der Waals surface area contributed by atoms with Crippen LogP contribution in [0.2, 0.25) is 10.0 Å². The molecule has 0 bridgehead atoms. The second-order valence-corrected chi connectivity index (χ2v) is 6.06. The molecule has 0 spiro atoms. The van der Waals surface area contributed by atoms with E-state index in [-0.39, 0.29) is 18.4 Å². The van der Waals surface area contributed by atoms with Crippen molar-refractivity contribution in [3.05, 3.63) is 58.1 Å². The van der Waals surface area contributed by atoms with E-state index in [0.717, 1.165) is 11.3 Å². The number of fused-ring (bicyclic) bond motifs is 1. The number of carbonyl (C=O) groups is 1. The van der Waals surface area contributed by atoms with Gasteiger partial charge in [-0.25, -0.2) is 0 Å². The monoisotopic (exact) mass is 351 g/mol. The number of halogens is 2. The van der Waals surface area contributed by atoms with Crippen molar-refractivity contribution >= 4 is 29.1 Å². The second kappa shape index (κ2) is 7.11. The molecule has 23 heavy (non-hydrogen) atoms. The summed E-state index contributed by atoms with van der Waals surface area (Å²) >= 11 is 11.9. The summed E-state index contributed by atoms with van der Waals surface area (Å²) in [6.07, 6.45) is -0.0188. The third kappa shape index (κ3) is 4.09. The van der Waals surface area contributed by atoms with Crippen molar-refractivity contribution in [3.8, 4) is 11.5 Å². The average Bonchev–Trinajstić information content (AvgIpc) is 2.55. The highest BCUT2D eigenvalue weighted by Crippen LogP contribution is 2.30. The van der Waals surface area contributed by atoms with Crippen LogP contribution in [0.4, 0.5) is 0 Å². The lowest BCUT2D eigenvalue weighted by atomic mass is 10.1. The van der Waals surface area contributed by atoms with Crippen LogP contribution in [-0.4, -0.2) is 25.2 Å². The molecule has 0 aromatic heterocycles. The number of hydrogen-bond acceptors (Lipinski definition) is 3. The molecule has 2 aromatic carbocycles. The number of amides is 1. The van der Waals surface area contributed by atoms with Crippen LogP contribution in [0.3, 0.4) is 0 Å². The molecule has 0 saturated heterocycles. The number of benzene rings is 2. The van der Waals surface area contributed by atoms with Gasteiger partial charge in [-0.3, -0.25) is 4.79 Å². The van der Waals surface area contributed by atoms with Crippen LogP contribution in [0, 0.1) is 0 Å². The third-order valence-corrected chi connectivity index (χ3v) is 4.05. The Balaban J connectivity index is 1.52. The molecule has 1 heterocycles. The van der Waals surface area contributed by atoms with Crippen LogP contribution >= 0.6 is 23.2 Å². The van der Waals surface area contributed by atoms with E-state index in [2.05, 4.69) is 5.32 Å². The summed E-state index contributed by atoms with van der Waals surface area (Å²) in [6.45, 7) is 0.775. The molecule has 2 aromatic rings. The van der Waals surface area contributed by atoms with Crippen LogP contribution in [0.5, 0.6) is 11.5 Å². The fourth-order valence-electron chi connectivity index (χ4n) is 2.29. The van der Waals surface area contributed by atoms with E-state index in [9.17, 15) is 4.79 Å². The molecule has 0 saturated carbocycles. The number of rotatable bonds is 4. The van der Waals surface area contributed by atoms with Crippen molar-refractivity contribution in [2.75, 3.05) is 13.2 Å². The Labute approximate surface area is 144 Å². The van der Waals surface area contributed by atoms with Gasteiger partial charge < -0.3 is 14.8 Å². The molecule has 6 heteroatoms. The highest BCUT2D eigenvalue weighted by Gasteiger charge is 2.21. The number of ether oxygens (including phenoxy) is 2. The van der Waals surface area contributed by atoms with E-state index < -0.39 is 0 Å². The van der Waals surface area contributed by atoms with Gasteiger partial charge in [-0.15, -0.1) is 0 Å². The zero-order chi connectivity index (χ0) is 16.2. The molecule has 3 rings (SSSR count). The van der Waals surface area contributed by atoms with Gasteiger partial charge in [0.2, 0.25) is 5.91 Å². The van der Waals surface area contributed by atoms with Gasteiger partial charge in [-0.05, 0) is 29.8 Å². The number of carbonyl (C=O) groups excluding carboxylic acids is 1. The fraction of sp³-hybridized carbons (Fsp3) is 0.235. The Morgan fingerprint density at radius 1 is 1.17 bits per heavy atom. The van der Waals surface area contributed by atoms with E-state index in [1.165, 1.54) is 0 Å². The Hall–Kier alpha value is -1.91. The topological polar surface area (TPSA) is 47.6 Å². The standard InChI is InChI=1S/C17H15Cl2NO3/c18-12-6-5-11(14(19)8-12)7-17(21)20-9-13-10-22-15-3-1-2-4-16(15)23-13/h1-6,8,13H,7,9-10H2,(H,20,21)/t13-/m1/s1. The number of hydrogen-bond donors (Lipinski definition) is 1. The highest BCUT2D eigenvalue weighted by atomic mass is 35.5. The van der Waals surface area contributed by atoms with Crippen LogP contribution < -0.4 is 14.8 Å². The summed E-state index contributed by atoms with van der Waals surface area (Å²) < 4.78 is 11.4. The Morgan fingerprint density at radius 2 is 1.96 bits per heavy atom. The molecule has 1 N–H and O–H groups in total.